The average Bonchev–Trinajstić information content (AvgIpc) is 3.01. The molecule has 25 heavy (non-hydrogen) atoms. The third-order valence-corrected chi connectivity index (χ3v) is 4.04. The zero-order valence-electron chi connectivity index (χ0n) is 13.7. The number of nitrogens with one attached hydrogen (secondary N) is 2. The highest BCUT2D eigenvalue weighted by atomic mass is 16.5. The molecule has 0 aromatic carbocycles. The number of H-pyrrole nitrogens is 1. The maximum Gasteiger partial charge on any atom is 0.316 e. The topological polar surface area (TPSA) is 102 Å². The number of amides is 1. The van der Waals surface area contributed by atoms with Crippen molar-refractivity contribution in [2.24, 2.45) is 5.92 Å². The lowest BCUT2D eigenvalue weighted by atomic mass is 10.0. The summed E-state index contributed by atoms with van der Waals surface area (Å²) in [6.07, 6.45) is 3.81. The summed E-state index contributed by atoms with van der Waals surface area (Å²) < 4.78 is 10.1. The van der Waals surface area contributed by atoms with E-state index in [9.17, 15) is 4.79 Å². The lowest BCUT2D eigenvalue weighted by Gasteiger charge is -2.24. The van der Waals surface area contributed by atoms with Gasteiger partial charge in [-0.15, -0.1) is 0 Å². The Balaban J connectivity index is 1.55. The molecule has 128 valence electrons. The third kappa shape index (κ3) is 3.29. The van der Waals surface area contributed by atoms with Crippen LogP contribution in [0.2, 0.25) is 0 Å². The van der Waals surface area contributed by atoms with Crippen molar-refractivity contribution in [1.82, 2.24) is 19.9 Å². The fraction of sp³-hybridized carbons (Fsp3) is 0.294. The number of pyridine rings is 1. The summed E-state index contributed by atoms with van der Waals surface area (Å²) in [5.41, 5.74) is 2.41. The first-order valence-electron chi connectivity index (χ1n) is 7.95. The second kappa shape index (κ2) is 6.48. The highest BCUT2D eigenvalue weighted by Gasteiger charge is 2.21. The maximum absolute atomic E-state index is 12.0. The predicted molar refractivity (Wildman–Crippen MR) is 91.2 cm³/mol. The van der Waals surface area contributed by atoms with Gasteiger partial charge in [0.2, 0.25) is 5.91 Å². The molecule has 0 atom stereocenters. The third-order valence-electron chi connectivity index (χ3n) is 4.04. The van der Waals surface area contributed by atoms with Gasteiger partial charge in [-0.1, -0.05) is 0 Å². The zero-order chi connectivity index (χ0) is 17.2. The van der Waals surface area contributed by atoms with E-state index in [2.05, 4.69) is 25.3 Å². The van der Waals surface area contributed by atoms with Crippen molar-refractivity contribution < 1.29 is 14.3 Å². The lowest BCUT2D eigenvalue weighted by molar-refractivity contribution is -0.121. The minimum atomic E-state index is -0.0486. The predicted octanol–water partition coefficient (Wildman–Crippen LogP) is 2.00. The Morgan fingerprint density at radius 3 is 3.04 bits per heavy atom. The Kier molecular flexibility index (Phi) is 4.02. The standard InChI is InChI=1S/C17H17N5O3/c1-24-17-18-3-2-12(21-17)14-5-11-7-19-15(6-13(11)20-14)22-16(23)4-10-8-25-9-10/h2-3,5-7,10,20H,4,8-9H2,1H3,(H,19,22,23). The molecule has 4 rings (SSSR count). The Morgan fingerprint density at radius 2 is 2.28 bits per heavy atom. The van der Waals surface area contributed by atoms with E-state index in [1.807, 2.05) is 12.1 Å². The number of anilines is 1. The molecule has 0 aliphatic carbocycles. The molecule has 8 heteroatoms. The van der Waals surface area contributed by atoms with Gasteiger partial charge in [-0.05, 0) is 12.1 Å². The first-order chi connectivity index (χ1) is 12.2. The quantitative estimate of drug-likeness (QED) is 0.737. The van der Waals surface area contributed by atoms with Crippen LogP contribution >= 0.6 is 0 Å². The normalized spacial score (nSPS) is 14.3. The first kappa shape index (κ1) is 15.5. The molecule has 1 fully saturated rings. The number of hydrogen-bond donors (Lipinski definition) is 2. The summed E-state index contributed by atoms with van der Waals surface area (Å²) in [5.74, 6) is 0.785. The molecule has 0 radical (unpaired) electrons. The van der Waals surface area contributed by atoms with Crippen LogP contribution in [-0.2, 0) is 9.53 Å². The van der Waals surface area contributed by atoms with E-state index in [1.165, 1.54) is 7.11 Å². The maximum atomic E-state index is 12.0. The molecule has 1 aliphatic heterocycles. The van der Waals surface area contributed by atoms with Gasteiger partial charge in [-0.3, -0.25) is 4.79 Å². The fourth-order valence-corrected chi connectivity index (χ4v) is 2.68. The summed E-state index contributed by atoms with van der Waals surface area (Å²) >= 11 is 0. The first-order valence-corrected chi connectivity index (χ1v) is 7.95. The number of methoxy groups -OCH3 is 1. The molecule has 0 spiro atoms. The summed E-state index contributed by atoms with van der Waals surface area (Å²) in [4.78, 5) is 27.9. The minimum Gasteiger partial charge on any atom is -0.467 e. The summed E-state index contributed by atoms with van der Waals surface area (Å²) in [7, 11) is 1.53. The monoisotopic (exact) mass is 339 g/mol. The molecule has 0 saturated carbocycles. The molecule has 8 nitrogen and oxygen atoms in total. The van der Waals surface area contributed by atoms with Crippen molar-refractivity contribution in [3.8, 4) is 17.4 Å². The average molecular weight is 339 g/mol. The molecule has 1 aliphatic rings. The second-order valence-corrected chi connectivity index (χ2v) is 5.92. The molecule has 3 aromatic rings. The van der Waals surface area contributed by atoms with Crippen LogP contribution in [0, 0.1) is 5.92 Å². The van der Waals surface area contributed by atoms with Crippen molar-refractivity contribution in [3.05, 3.63) is 30.6 Å². The highest BCUT2D eigenvalue weighted by Crippen LogP contribution is 2.24. The van der Waals surface area contributed by atoms with Crippen molar-refractivity contribution in [2.75, 3.05) is 25.6 Å². The van der Waals surface area contributed by atoms with E-state index in [0.717, 1.165) is 22.3 Å². The van der Waals surface area contributed by atoms with Gasteiger partial charge in [0.25, 0.3) is 0 Å². The molecule has 3 aromatic heterocycles. The van der Waals surface area contributed by atoms with Gasteiger partial charge in [0.05, 0.1) is 37.2 Å². The molecule has 0 unspecified atom stereocenters. The van der Waals surface area contributed by atoms with Gasteiger partial charge in [-0.25, -0.2) is 9.97 Å². The van der Waals surface area contributed by atoms with E-state index in [0.29, 0.717) is 37.4 Å². The molecule has 1 amide bonds. The van der Waals surface area contributed by atoms with Crippen LogP contribution < -0.4 is 10.1 Å². The van der Waals surface area contributed by atoms with Crippen molar-refractivity contribution in [3.63, 3.8) is 0 Å². The van der Waals surface area contributed by atoms with Crippen LogP contribution in [0.1, 0.15) is 6.42 Å². The van der Waals surface area contributed by atoms with Crippen molar-refractivity contribution in [1.29, 1.82) is 0 Å². The number of ether oxygens (including phenoxy) is 2. The number of carbonyl (C=O) groups is 1. The van der Waals surface area contributed by atoms with Crippen LogP contribution in [0.15, 0.2) is 30.6 Å². The molecule has 0 bridgehead atoms. The molecule has 2 N–H and O–H groups in total. The number of hydrogen-bond acceptors (Lipinski definition) is 6. The van der Waals surface area contributed by atoms with Gasteiger partial charge < -0.3 is 19.8 Å². The lowest BCUT2D eigenvalue weighted by Crippen LogP contribution is -2.31. The number of aromatic amines is 1. The van der Waals surface area contributed by atoms with Crippen LogP contribution in [0.3, 0.4) is 0 Å². The van der Waals surface area contributed by atoms with Gasteiger partial charge in [0.1, 0.15) is 5.82 Å². The van der Waals surface area contributed by atoms with E-state index >= 15 is 0 Å². The Bertz CT molecular complexity index is 920. The van der Waals surface area contributed by atoms with Crippen molar-refractivity contribution >= 4 is 22.6 Å². The summed E-state index contributed by atoms with van der Waals surface area (Å²) in [5, 5.41) is 3.76. The van der Waals surface area contributed by atoms with Crippen LogP contribution in [0.4, 0.5) is 5.82 Å². The number of carbonyl (C=O) groups excluding carboxylic acids is 1. The largest absolute Gasteiger partial charge is 0.467 e. The Hall–Kier alpha value is -3.00. The highest BCUT2D eigenvalue weighted by molar-refractivity contribution is 5.93. The van der Waals surface area contributed by atoms with Gasteiger partial charge in [0.15, 0.2) is 0 Å². The van der Waals surface area contributed by atoms with Gasteiger partial charge in [0, 0.05) is 36.2 Å². The van der Waals surface area contributed by atoms with E-state index in [-0.39, 0.29) is 5.91 Å². The van der Waals surface area contributed by atoms with Crippen LogP contribution in [0.25, 0.3) is 22.3 Å². The van der Waals surface area contributed by atoms with E-state index in [1.54, 1.807) is 18.5 Å². The van der Waals surface area contributed by atoms with Gasteiger partial charge >= 0.3 is 6.01 Å². The van der Waals surface area contributed by atoms with Crippen molar-refractivity contribution in [2.45, 2.75) is 6.42 Å². The molecule has 1 saturated heterocycles. The Morgan fingerprint density at radius 1 is 1.40 bits per heavy atom. The van der Waals surface area contributed by atoms with Crippen LogP contribution in [0.5, 0.6) is 6.01 Å². The van der Waals surface area contributed by atoms with E-state index in [4.69, 9.17) is 9.47 Å². The molecule has 4 heterocycles. The SMILES string of the molecule is COc1nccc(-c2cc3cnc(NC(=O)CC4COC4)cc3[nH]2)n1. The number of rotatable bonds is 5. The smallest absolute Gasteiger partial charge is 0.316 e. The number of aromatic nitrogens is 4. The zero-order valence-corrected chi connectivity index (χ0v) is 13.7. The van der Waals surface area contributed by atoms with Gasteiger partial charge in [-0.2, -0.15) is 4.98 Å². The summed E-state index contributed by atoms with van der Waals surface area (Å²) in [6.45, 7) is 1.31. The Labute approximate surface area is 143 Å². The number of nitrogens with zero attached hydrogens (tertiary/aromatic N) is 3. The van der Waals surface area contributed by atoms with Crippen LogP contribution in [-0.4, -0.2) is 46.2 Å². The minimum absolute atomic E-state index is 0.0486. The summed E-state index contributed by atoms with van der Waals surface area (Å²) in [6, 6.07) is 5.86. The molecular weight excluding hydrogens is 322 g/mol. The molecular formula is C17H17N5O3. The number of fused-ring (bicyclic) bond motifs is 1. The second-order valence-electron chi connectivity index (χ2n) is 5.92. The fourth-order valence-electron chi connectivity index (χ4n) is 2.68. The van der Waals surface area contributed by atoms with E-state index < -0.39 is 0 Å².